The Morgan fingerprint density at radius 1 is 0.868 bits per heavy atom. The van der Waals surface area contributed by atoms with E-state index in [9.17, 15) is 9.59 Å². The number of piperidine rings is 1. The van der Waals surface area contributed by atoms with E-state index in [4.69, 9.17) is 0 Å². The maximum Gasteiger partial charge on any atom is 0.271 e. The summed E-state index contributed by atoms with van der Waals surface area (Å²) in [6, 6.07) is 0. The Kier molecular flexibility index (Phi) is 16.1. The Balaban J connectivity index is 1.47. The minimum Gasteiger partial charge on any atom is -0.350 e. The van der Waals surface area contributed by atoms with Gasteiger partial charge in [0.05, 0.1) is 11.9 Å². The summed E-state index contributed by atoms with van der Waals surface area (Å²) in [5.41, 5.74) is 1.13. The van der Waals surface area contributed by atoms with Crippen LogP contribution >= 0.6 is 0 Å². The Morgan fingerprint density at radius 2 is 1.45 bits per heavy atom. The van der Waals surface area contributed by atoms with Crippen LogP contribution in [0.2, 0.25) is 0 Å². The molecular weight excluding hydrogens is 472 g/mol. The Bertz CT molecular complexity index is 952. The van der Waals surface area contributed by atoms with Crippen LogP contribution in [0.1, 0.15) is 87.3 Å². The number of unbranched alkanes of at least 4 members (excludes halogenated alkanes) is 1. The number of amides is 2. The molecular formula is C32H46N4O2. The number of aryl methyl sites for hydroxylation is 1. The van der Waals surface area contributed by atoms with E-state index in [1.165, 1.54) is 6.20 Å². The molecule has 2 rings (SSSR count). The Morgan fingerprint density at radius 3 is 2.00 bits per heavy atom. The first kappa shape index (κ1) is 30.9. The third kappa shape index (κ3) is 13.9. The molecule has 1 aliphatic rings. The lowest BCUT2D eigenvalue weighted by atomic mass is 9.96. The van der Waals surface area contributed by atoms with Gasteiger partial charge in [0, 0.05) is 32.3 Å². The van der Waals surface area contributed by atoms with Crippen molar-refractivity contribution >= 4 is 11.8 Å². The molecule has 0 saturated carbocycles. The van der Waals surface area contributed by atoms with Gasteiger partial charge in [-0.3, -0.25) is 14.6 Å². The lowest BCUT2D eigenvalue weighted by Gasteiger charge is -2.32. The molecule has 206 valence electrons. The first-order valence-corrected chi connectivity index (χ1v) is 14.2. The van der Waals surface area contributed by atoms with Crippen LogP contribution in [0, 0.1) is 12.8 Å². The first-order valence-electron chi connectivity index (χ1n) is 14.2. The first-order chi connectivity index (χ1) is 18.6. The molecule has 0 unspecified atom stereocenters. The smallest absolute Gasteiger partial charge is 0.271 e. The third-order valence-electron chi connectivity index (χ3n) is 6.45. The molecule has 0 atom stereocenters. The molecule has 2 heterocycles. The predicted octanol–water partition coefficient (Wildman–Crippen LogP) is 6.68. The van der Waals surface area contributed by atoms with Crippen LogP contribution in [-0.2, 0) is 4.79 Å². The van der Waals surface area contributed by atoms with Gasteiger partial charge in [-0.15, -0.1) is 0 Å². The number of nitrogens with one attached hydrogen (secondary N) is 1. The van der Waals surface area contributed by atoms with E-state index in [1.807, 2.05) is 11.8 Å². The maximum absolute atomic E-state index is 12.5. The topological polar surface area (TPSA) is 75.2 Å². The van der Waals surface area contributed by atoms with Gasteiger partial charge in [0.1, 0.15) is 5.69 Å². The molecule has 0 bridgehead atoms. The molecule has 1 aromatic rings. The molecule has 1 fully saturated rings. The van der Waals surface area contributed by atoms with Crippen molar-refractivity contribution in [2.24, 2.45) is 5.92 Å². The molecule has 0 aromatic carbocycles. The van der Waals surface area contributed by atoms with Crippen LogP contribution in [-0.4, -0.2) is 46.3 Å². The third-order valence-corrected chi connectivity index (χ3v) is 6.45. The molecule has 0 aliphatic carbocycles. The average molecular weight is 519 g/mol. The van der Waals surface area contributed by atoms with E-state index in [2.05, 4.69) is 83.0 Å². The summed E-state index contributed by atoms with van der Waals surface area (Å²) in [5, 5.41) is 2.95. The van der Waals surface area contributed by atoms with Crippen molar-refractivity contribution in [3.8, 4) is 0 Å². The fraction of sp³-hybridized carbons (Fsp3) is 0.500. The van der Waals surface area contributed by atoms with E-state index in [0.29, 0.717) is 24.6 Å². The second-order valence-electron chi connectivity index (χ2n) is 9.68. The monoisotopic (exact) mass is 518 g/mol. The van der Waals surface area contributed by atoms with Gasteiger partial charge in [0.2, 0.25) is 5.91 Å². The molecule has 1 aromatic heterocycles. The normalized spacial score (nSPS) is 15.2. The van der Waals surface area contributed by atoms with Crippen molar-refractivity contribution < 1.29 is 9.59 Å². The van der Waals surface area contributed by atoms with Crippen LogP contribution < -0.4 is 5.32 Å². The van der Waals surface area contributed by atoms with Gasteiger partial charge in [0.25, 0.3) is 5.91 Å². The minimum atomic E-state index is -0.189. The van der Waals surface area contributed by atoms with Gasteiger partial charge >= 0.3 is 0 Å². The number of carbonyl (C=O) groups is 2. The molecule has 0 spiro atoms. The van der Waals surface area contributed by atoms with Gasteiger partial charge < -0.3 is 10.2 Å². The van der Waals surface area contributed by atoms with Gasteiger partial charge in [-0.1, -0.05) is 67.7 Å². The lowest BCUT2D eigenvalue weighted by molar-refractivity contribution is -0.132. The van der Waals surface area contributed by atoms with Gasteiger partial charge in [-0.25, -0.2) is 4.98 Å². The van der Waals surface area contributed by atoms with Gasteiger partial charge in [-0.05, 0) is 70.6 Å². The summed E-state index contributed by atoms with van der Waals surface area (Å²) in [6.07, 6.45) is 34.4. The van der Waals surface area contributed by atoms with Crippen LogP contribution in [0.15, 0.2) is 73.2 Å². The highest BCUT2D eigenvalue weighted by Crippen LogP contribution is 2.18. The summed E-state index contributed by atoms with van der Waals surface area (Å²) in [6.45, 7) is 6.14. The molecule has 1 aliphatic heterocycles. The van der Waals surface area contributed by atoms with E-state index < -0.39 is 0 Å². The van der Waals surface area contributed by atoms with Crippen molar-refractivity contribution in [1.29, 1.82) is 0 Å². The van der Waals surface area contributed by atoms with E-state index in [-0.39, 0.29) is 11.8 Å². The summed E-state index contributed by atoms with van der Waals surface area (Å²) in [4.78, 5) is 35.0. The molecule has 1 N–H and O–H groups in total. The van der Waals surface area contributed by atoms with E-state index in [1.54, 1.807) is 6.20 Å². The second-order valence-corrected chi connectivity index (χ2v) is 9.68. The zero-order valence-corrected chi connectivity index (χ0v) is 23.4. The summed E-state index contributed by atoms with van der Waals surface area (Å²) >= 11 is 0. The molecule has 38 heavy (non-hydrogen) atoms. The van der Waals surface area contributed by atoms with Gasteiger partial charge in [-0.2, -0.15) is 0 Å². The van der Waals surface area contributed by atoms with Crippen molar-refractivity contribution in [3.05, 3.63) is 84.5 Å². The van der Waals surface area contributed by atoms with Crippen molar-refractivity contribution in [2.45, 2.75) is 78.1 Å². The SMILES string of the molecule is CC/C=C\CC=CCC=CC/C=C\C/C=C\CCCC(=O)N1CCC(CNC(=O)c2cnc(C)cn2)CC1. The molecule has 6 heteroatoms. The second kappa shape index (κ2) is 19.8. The quantitative estimate of drug-likeness (QED) is 0.196. The van der Waals surface area contributed by atoms with Gasteiger partial charge in [0.15, 0.2) is 0 Å². The molecule has 2 amide bonds. The maximum atomic E-state index is 12.5. The van der Waals surface area contributed by atoms with Crippen LogP contribution in [0.3, 0.4) is 0 Å². The number of likely N-dealkylation sites (tertiary alicyclic amines) is 1. The van der Waals surface area contributed by atoms with Crippen LogP contribution in [0.4, 0.5) is 0 Å². The minimum absolute atomic E-state index is 0.189. The predicted molar refractivity (Wildman–Crippen MR) is 157 cm³/mol. The number of rotatable bonds is 16. The van der Waals surface area contributed by atoms with Crippen LogP contribution in [0.25, 0.3) is 0 Å². The fourth-order valence-electron chi connectivity index (χ4n) is 4.12. The number of carbonyl (C=O) groups excluding carboxylic acids is 2. The standard InChI is InChI=1S/C32H46N4O2/c1-3-4-5-6-7-8-9-10-11-12-13-14-15-16-17-18-19-20-31(37)36-23-21-29(22-24-36)26-35-32(38)30-27-33-28(2)25-34-30/h4-5,7-8,10-11,13-14,16-17,25,27,29H,3,6,9,12,15,18-24,26H2,1-2H3,(H,35,38)/b5-4-,8-7?,11-10?,14-13-,17-16-. The Hall–Kier alpha value is -3.28. The summed E-state index contributed by atoms with van der Waals surface area (Å²) in [7, 11) is 0. The summed E-state index contributed by atoms with van der Waals surface area (Å²) < 4.78 is 0. The zero-order chi connectivity index (χ0) is 27.3. The zero-order valence-electron chi connectivity index (χ0n) is 23.4. The van der Waals surface area contributed by atoms with Crippen molar-refractivity contribution in [3.63, 3.8) is 0 Å². The number of nitrogens with zero attached hydrogens (tertiary/aromatic N) is 3. The fourth-order valence-corrected chi connectivity index (χ4v) is 4.12. The van der Waals surface area contributed by atoms with Crippen molar-refractivity contribution in [2.75, 3.05) is 19.6 Å². The molecule has 6 nitrogen and oxygen atoms in total. The highest BCUT2D eigenvalue weighted by atomic mass is 16.2. The summed E-state index contributed by atoms with van der Waals surface area (Å²) in [5.74, 6) is 0.448. The number of hydrogen-bond acceptors (Lipinski definition) is 4. The highest BCUT2D eigenvalue weighted by Gasteiger charge is 2.23. The van der Waals surface area contributed by atoms with Crippen molar-refractivity contribution in [1.82, 2.24) is 20.2 Å². The van der Waals surface area contributed by atoms with E-state index in [0.717, 1.165) is 76.6 Å². The molecule has 1 saturated heterocycles. The highest BCUT2D eigenvalue weighted by molar-refractivity contribution is 5.91. The Labute approximate surface area is 229 Å². The van der Waals surface area contributed by atoms with E-state index >= 15 is 0 Å². The largest absolute Gasteiger partial charge is 0.350 e. The molecule has 0 radical (unpaired) electrons. The number of hydrogen-bond donors (Lipinski definition) is 1. The average Bonchev–Trinajstić information content (AvgIpc) is 2.94. The number of aromatic nitrogens is 2. The lowest BCUT2D eigenvalue weighted by Crippen LogP contribution is -2.41. The number of allylic oxidation sites excluding steroid dienone is 10. The van der Waals surface area contributed by atoms with Crippen LogP contribution in [0.5, 0.6) is 0 Å².